The molecular weight excluding hydrogens is 493 g/mol. The molecule has 192 valence electrons. The van der Waals surface area contributed by atoms with Crippen molar-refractivity contribution in [3.63, 3.8) is 0 Å². The zero-order chi connectivity index (χ0) is 25.9. The van der Waals surface area contributed by atoms with Crippen LogP contribution in [0.5, 0.6) is 0 Å². The van der Waals surface area contributed by atoms with E-state index in [-0.39, 0.29) is 16.4 Å². The molecule has 0 aromatic carbocycles. The number of pyridine rings is 3. The first-order chi connectivity index (χ1) is 17.1. The van der Waals surface area contributed by atoms with Crippen LogP contribution in [0.2, 0.25) is 0 Å². The third-order valence-corrected chi connectivity index (χ3v) is 7.21. The van der Waals surface area contributed by atoms with Crippen molar-refractivity contribution in [3.8, 4) is 11.3 Å². The summed E-state index contributed by atoms with van der Waals surface area (Å²) in [6.45, 7) is 1.30. The van der Waals surface area contributed by atoms with Gasteiger partial charge in [0.1, 0.15) is 17.5 Å². The molecule has 3 aromatic rings. The van der Waals surface area contributed by atoms with Crippen LogP contribution in [0.4, 0.5) is 30.6 Å². The maximum atomic E-state index is 13.9. The van der Waals surface area contributed by atoms with E-state index < -0.39 is 27.5 Å². The number of sulfonamides is 1. The number of hydrogen-bond donors (Lipinski definition) is 1. The van der Waals surface area contributed by atoms with Crippen molar-refractivity contribution < 1.29 is 21.6 Å². The van der Waals surface area contributed by atoms with Crippen LogP contribution in [0.15, 0.2) is 53.7 Å². The highest BCUT2D eigenvalue weighted by Gasteiger charge is 2.36. The predicted octanol–water partition coefficient (Wildman–Crippen LogP) is 4.80. The first-order valence-corrected chi connectivity index (χ1v) is 13.0. The molecule has 4 heterocycles. The zero-order valence-electron chi connectivity index (χ0n) is 20.0. The molecule has 4 rings (SSSR count). The van der Waals surface area contributed by atoms with Gasteiger partial charge in [0.15, 0.2) is 5.03 Å². The predicted molar refractivity (Wildman–Crippen MR) is 133 cm³/mol. The van der Waals surface area contributed by atoms with Gasteiger partial charge in [-0.3, -0.25) is 4.72 Å². The molecule has 0 spiro atoms. The van der Waals surface area contributed by atoms with Gasteiger partial charge in [-0.2, -0.15) is 21.6 Å². The van der Waals surface area contributed by atoms with Crippen LogP contribution < -0.4 is 14.5 Å². The fourth-order valence-corrected chi connectivity index (χ4v) is 5.03. The molecule has 0 fully saturated rings. The molecular formula is C24H27F3N6O2S. The van der Waals surface area contributed by atoms with Crippen LogP contribution in [0.1, 0.15) is 31.2 Å². The Balaban J connectivity index is 1.85. The van der Waals surface area contributed by atoms with E-state index in [1.54, 1.807) is 24.1 Å². The Morgan fingerprint density at radius 3 is 2.33 bits per heavy atom. The SMILES string of the molecule is CN1CCCCCCN(C)c2ncccc2-c2nc(ccc2C(F)(F)F)NS(=O)(=O)c2cccc1n2. The van der Waals surface area contributed by atoms with Crippen molar-refractivity contribution in [3.05, 3.63) is 54.2 Å². The number of nitrogens with one attached hydrogen (secondary N) is 1. The van der Waals surface area contributed by atoms with E-state index in [9.17, 15) is 21.6 Å². The second kappa shape index (κ2) is 10.3. The summed E-state index contributed by atoms with van der Waals surface area (Å²) in [6.07, 6.45) is 0.388. The first kappa shape index (κ1) is 25.7. The maximum Gasteiger partial charge on any atom is 0.418 e. The molecule has 1 aliphatic heterocycles. The smallest absolute Gasteiger partial charge is 0.360 e. The van der Waals surface area contributed by atoms with E-state index in [0.29, 0.717) is 24.7 Å². The molecule has 0 saturated heterocycles. The van der Waals surface area contributed by atoms with E-state index in [4.69, 9.17) is 0 Å². The van der Waals surface area contributed by atoms with Crippen LogP contribution in [-0.4, -0.2) is 50.6 Å². The molecule has 8 nitrogen and oxygen atoms in total. The summed E-state index contributed by atoms with van der Waals surface area (Å²) in [4.78, 5) is 16.4. The summed E-state index contributed by atoms with van der Waals surface area (Å²) >= 11 is 0. The zero-order valence-corrected chi connectivity index (χ0v) is 20.8. The van der Waals surface area contributed by atoms with Gasteiger partial charge in [0.25, 0.3) is 10.0 Å². The van der Waals surface area contributed by atoms with Gasteiger partial charge in [-0.1, -0.05) is 18.9 Å². The van der Waals surface area contributed by atoms with Crippen molar-refractivity contribution in [1.82, 2.24) is 15.0 Å². The number of halogens is 3. The minimum atomic E-state index is -4.71. The lowest BCUT2D eigenvalue weighted by molar-refractivity contribution is -0.137. The normalized spacial score (nSPS) is 16.9. The van der Waals surface area contributed by atoms with Crippen molar-refractivity contribution in [2.24, 2.45) is 0 Å². The van der Waals surface area contributed by atoms with E-state index in [1.165, 1.54) is 24.4 Å². The van der Waals surface area contributed by atoms with Crippen molar-refractivity contribution in [1.29, 1.82) is 0 Å². The number of hydrogen-bond acceptors (Lipinski definition) is 7. The number of anilines is 3. The Morgan fingerprint density at radius 1 is 0.889 bits per heavy atom. The summed E-state index contributed by atoms with van der Waals surface area (Å²) in [7, 11) is -0.603. The average molecular weight is 521 g/mol. The number of rotatable bonds is 0. The number of alkyl halides is 3. The Bertz CT molecular complexity index is 1330. The molecule has 0 amide bonds. The van der Waals surface area contributed by atoms with Crippen LogP contribution in [-0.2, 0) is 16.2 Å². The minimum absolute atomic E-state index is 0.163. The van der Waals surface area contributed by atoms with Gasteiger partial charge in [-0.25, -0.2) is 15.0 Å². The van der Waals surface area contributed by atoms with Gasteiger partial charge in [-0.15, -0.1) is 0 Å². The van der Waals surface area contributed by atoms with Crippen LogP contribution in [0.3, 0.4) is 0 Å². The summed E-state index contributed by atoms with van der Waals surface area (Å²) in [5.74, 6) is 0.572. The Hall–Kier alpha value is -3.41. The molecule has 0 radical (unpaired) electrons. The number of aromatic nitrogens is 3. The summed E-state index contributed by atoms with van der Waals surface area (Å²) < 4.78 is 70.3. The van der Waals surface area contributed by atoms with Gasteiger partial charge in [-0.05, 0) is 49.2 Å². The highest BCUT2D eigenvalue weighted by atomic mass is 32.2. The van der Waals surface area contributed by atoms with Crippen molar-refractivity contribution in [2.45, 2.75) is 36.9 Å². The Morgan fingerprint density at radius 2 is 1.61 bits per heavy atom. The molecule has 1 N–H and O–H groups in total. The van der Waals surface area contributed by atoms with E-state index in [2.05, 4.69) is 19.7 Å². The summed E-state index contributed by atoms with van der Waals surface area (Å²) in [6, 6.07) is 9.49. The van der Waals surface area contributed by atoms with E-state index >= 15 is 0 Å². The fraction of sp³-hybridized carbons (Fsp3) is 0.375. The molecule has 0 saturated carbocycles. The van der Waals surface area contributed by atoms with Gasteiger partial charge >= 0.3 is 6.18 Å². The fourth-order valence-electron chi connectivity index (χ4n) is 4.06. The first-order valence-electron chi connectivity index (χ1n) is 11.5. The van der Waals surface area contributed by atoms with Crippen LogP contribution in [0.25, 0.3) is 11.3 Å². The van der Waals surface area contributed by atoms with Gasteiger partial charge in [0, 0.05) is 38.9 Å². The molecule has 0 aliphatic carbocycles. The van der Waals surface area contributed by atoms with Crippen molar-refractivity contribution in [2.75, 3.05) is 41.7 Å². The van der Waals surface area contributed by atoms with E-state index in [1.807, 2.05) is 11.9 Å². The molecule has 1 aliphatic rings. The van der Waals surface area contributed by atoms with Crippen LogP contribution in [0, 0.1) is 0 Å². The third-order valence-electron chi connectivity index (χ3n) is 5.96. The van der Waals surface area contributed by atoms with Crippen molar-refractivity contribution >= 4 is 27.5 Å². The Labute approximate surface area is 208 Å². The van der Waals surface area contributed by atoms with Gasteiger partial charge in [0.05, 0.1) is 11.3 Å². The quantitative estimate of drug-likeness (QED) is 0.455. The molecule has 4 bridgehead atoms. The lowest BCUT2D eigenvalue weighted by Gasteiger charge is -2.23. The van der Waals surface area contributed by atoms with Gasteiger partial charge < -0.3 is 9.80 Å². The highest BCUT2D eigenvalue weighted by Crippen LogP contribution is 2.39. The standard InChI is InChI=1S/C24H27F3N6O2S/c1-32-15-5-3-4-6-16-33(2)23-17(9-8-14-28-23)22-18(24(25,26)27)12-13-19(29-22)31-36(34,35)21-11-7-10-20(32)30-21/h7-14H,3-6,15-16H2,1-2H3,(H,29,31). The monoisotopic (exact) mass is 520 g/mol. The molecule has 0 unspecified atom stereocenters. The summed E-state index contributed by atoms with van der Waals surface area (Å²) in [5.41, 5.74) is -1.22. The highest BCUT2D eigenvalue weighted by molar-refractivity contribution is 7.92. The molecule has 0 atom stereocenters. The second-order valence-corrected chi connectivity index (χ2v) is 10.3. The number of nitrogens with zero attached hydrogens (tertiary/aromatic N) is 5. The second-order valence-electron chi connectivity index (χ2n) is 8.66. The molecule has 3 aromatic heterocycles. The molecule has 12 heteroatoms. The third kappa shape index (κ3) is 5.69. The minimum Gasteiger partial charge on any atom is -0.360 e. The van der Waals surface area contributed by atoms with Crippen LogP contribution >= 0.6 is 0 Å². The summed E-state index contributed by atoms with van der Waals surface area (Å²) in [5, 5.41) is -0.252. The average Bonchev–Trinajstić information content (AvgIpc) is 2.84. The lowest BCUT2D eigenvalue weighted by atomic mass is 10.1. The van der Waals surface area contributed by atoms with E-state index in [0.717, 1.165) is 37.8 Å². The topological polar surface area (TPSA) is 91.3 Å². The molecule has 36 heavy (non-hydrogen) atoms. The maximum absolute atomic E-state index is 13.9. The van der Waals surface area contributed by atoms with Gasteiger partial charge in [0.2, 0.25) is 0 Å². The number of fused-ring (bicyclic) bond motifs is 6. The Kier molecular flexibility index (Phi) is 7.34. The lowest BCUT2D eigenvalue weighted by Crippen LogP contribution is -2.23. The largest absolute Gasteiger partial charge is 0.418 e.